The van der Waals surface area contributed by atoms with E-state index in [2.05, 4.69) is 5.32 Å². The lowest BCUT2D eigenvalue weighted by molar-refractivity contribution is -0.192. The maximum Gasteiger partial charge on any atom is 0.490 e. The molecule has 28 heavy (non-hydrogen) atoms. The van der Waals surface area contributed by atoms with Crippen LogP contribution in [0.5, 0.6) is 0 Å². The van der Waals surface area contributed by atoms with Crippen molar-refractivity contribution in [2.24, 2.45) is 12.8 Å². The lowest BCUT2D eigenvalue weighted by Crippen LogP contribution is -2.44. The zero-order valence-corrected chi connectivity index (χ0v) is 14.6. The number of fused-ring (bicyclic) bond motifs is 1. The molecule has 3 rings (SSSR count). The molecule has 0 saturated carbocycles. The average molecular weight is 402 g/mol. The van der Waals surface area contributed by atoms with Crippen molar-refractivity contribution >= 4 is 28.8 Å². The number of carboxylic acid groups (broad SMARTS) is 1. The van der Waals surface area contributed by atoms with Gasteiger partial charge in [0.1, 0.15) is 6.04 Å². The second-order valence-electron chi connectivity index (χ2n) is 5.97. The van der Waals surface area contributed by atoms with Crippen LogP contribution < -0.4 is 16.7 Å². The number of benzene rings is 1. The van der Waals surface area contributed by atoms with E-state index >= 15 is 0 Å². The number of imidazole rings is 1. The van der Waals surface area contributed by atoms with E-state index in [4.69, 9.17) is 15.6 Å². The predicted molar refractivity (Wildman–Crippen MR) is 90.2 cm³/mol. The van der Waals surface area contributed by atoms with E-state index < -0.39 is 24.1 Å². The molecule has 12 heteroatoms. The number of nitrogens with one attached hydrogen (secondary N) is 1. The van der Waals surface area contributed by atoms with Gasteiger partial charge in [0.25, 0.3) is 0 Å². The van der Waals surface area contributed by atoms with Crippen molar-refractivity contribution in [3.8, 4) is 0 Å². The second-order valence-corrected chi connectivity index (χ2v) is 5.97. The largest absolute Gasteiger partial charge is 0.490 e. The van der Waals surface area contributed by atoms with E-state index in [1.807, 2.05) is 12.1 Å². The average Bonchev–Trinajstić information content (AvgIpc) is 2.86. The molecular formula is C16H17F3N4O5. The third kappa shape index (κ3) is 4.06. The molecule has 2 amide bonds. The summed E-state index contributed by atoms with van der Waals surface area (Å²) < 4.78 is 34.7. The van der Waals surface area contributed by atoms with Gasteiger partial charge in [-0.1, -0.05) is 12.1 Å². The minimum atomic E-state index is -5.08. The number of rotatable bonds is 2. The van der Waals surface area contributed by atoms with Crippen LogP contribution in [0.3, 0.4) is 0 Å². The number of amides is 2. The standard InChI is InChI=1S/C14H16N4O3.C2HF3O2/c1-17-12-8(7-15)3-2-4-9(12)18(14(17)21)10-5-6-11(19)16-13(10)20;3-2(4,5)1(6)7/h2-4,10H,5-7,15H2,1H3,(H,16,19,20);(H,6,7). The van der Waals surface area contributed by atoms with Crippen molar-refractivity contribution in [1.82, 2.24) is 14.5 Å². The molecule has 1 aromatic carbocycles. The van der Waals surface area contributed by atoms with Gasteiger partial charge in [-0.25, -0.2) is 9.59 Å². The number of nitrogens with zero attached hydrogens (tertiary/aromatic N) is 2. The first kappa shape index (κ1) is 21.2. The number of carboxylic acids is 1. The van der Waals surface area contributed by atoms with Crippen molar-refractivity contribution in [1.29, 1.82) is 0 Å². The van der Waals surface area contributed by atoms with Crippen molar-refractivity contribution in [3.63, 3.8) is 0 Å². The molecule has 1 fully saturated rings. The number of hydrogen-bond acceptors (Lipinski definition) is 5. The summed E-state index contributed by atoms with van der Waals surface area (Å²) >= 11 is 0. The zero-order valence-electron chi connectivity index (χ0n) is 14.6. The summed E-state index contributed by atoms with van der Waals surface area (Å²) in [6.45, 7) is 0.310. The van der Waals surface area contributed by atoms with Crippen LogP contribution in [-0.2, 0) is 28.0 Å². The zero-order chi connectivity index (χ0) is 21.2. The fourth-order valence-electron chi connectivity index (χ4n) is 2.91. The number of carbonyl (C=O) groups excluding carboxylic acids is 2. The Labute approximate surface area is 155 Å². The number of aryl methyl sites for hydroxylation is 1. The summed E-state index contributed by atoms with van der Waals surface area (Å²) in [6.07, 6.45) is -4.52. The molecule has 0 bridgehead atoms. The van der Waals surface area contributed by atoms with E-state index in [9.17, 15) is 27.6 Å². The summed E-state index contributed by atoms with van der Waals surface area (Å²) in [5, 5.41) is 9.41. The number of hydrogen-bond donors (Lipinski definition) is 3. The SMILES string of the molecule is Cn1c(=O)n(C2CCC(=O)NC2=O)c2cccc(CN)c21.O=C(O)C(F)(F)F. The maximum absolute atomic E-state index is 12.5. The Kier molecular flexibility index (Phi) is 5.92. The third-order valence-corrected chi connectivity index (χ3v) is 4.17. The molecule has 1 unspecified atom stereocenters. The second kappa shape index (κ2) is 7.84. The molecule has 0 aliphatic carbocycles. The highest BCUT2D eigenvalue weighted by Crippen LogP contribution is 2.24. The number of alkyl halides is 3. The van der Waals surface area contributed by atoms with E-state index in [1.165, 1.54) is 9.13 Å². The van der Waals surface area contributed by atoms with Gasteiger partial charge in [-0.3, -0.25) is 24.0 Å². The normalized spacial score (nSPS) is 17.1. The van der Waals surface area contributed by atoms with Crippen LogP contribution in [0.4, 0.5) is 13.2 Å². The monoisotopic (exact) mass is 402 g/mol. The van der Waals surface area contributed by atoms with E-state index in [1.54, 1.807) is 13.1 Å². The smallest absolute Gasteiger partial charge is 0.475 e. The molecular weight excluding hydrogens is 385 g/mol. The van der Waals surface area contributed by atoms with E-state index in [0.717, 1.165) is 11.1 Å². The molecule has 1 aromatic heterocycles. The van der Waals surface area contributed by atoms with Gasteiger partial charge < -0.3 is 10.8 Å². The Hall–Kier alpha value is -3.15. The molecule has 2 aromatic rings. The van der Waals surface area contributed by atoms with Gasteiger partial charge in [-0.05, 0) is 18.1 Å². The third-order valence-electron chi connectivity index (χ3n) is 4.17. The van der Waals surface area contributed by atoms with E-state index in [-0.39, 0.29) is 18.0 Å². The minimum Gasteiger partial charge on any atom is -0.475 e. The highest BCUT2D eigenvalue weighted by Gasteiger charge is 2.38. The lowest BCUT2D eigenvalue weighted by atomic mass is 10.1. The van der Waals surface area contributed by atoms with Gasteiger partial charge in [0.2, 0.25) is 11.8 Å². The molecule has 0 spiro atoms. The number of para-hydroxylation sites is 1. The Morgan fingerprint density at radius 3 is 2.43 bits per heavy atom. The van der Waals surface area contributed by atoms with Crippen LogP contribution in [0, 0.1) is 0 Å². The lowest BCUT2D eigenvalue weighted by Gasteiger charge is -2.21. The van der Waals surface area contributed by atoms with Gasteiger partial charge in [-0.2, -0.15) is 13.2 Å². The van der Waals surface area contributed by atoms with Crippen molar-refractivity contribution < 1.29 is 32.7 Å². The summed E-state index contributed by atoms with van der Waals surface area (Å²) in [4.78, 5) is 44.7. The number of nitrogens with two attached hydrogens (primary N) is 1. The number of imide groups is 1. The Morgan fingerprint density at radius 1 is 1.32 bits per heavy atom. The summed E-state index contributed by atoms with van der Waals surface area (Å²) in [5.74, 6) is -3.49. The molecule has 9 nitrogen and oxygen atoms in total. The Morgan fingerprint density at radius 2 is 1.93 bits per heavy atom. The molecule has 0 radical (unpaired) electrons. The van der Waals surface area contributed by atoms with Crippen molar-refractivity contribution in [2.75, 3.05) is 0 Å². The molecule has 1 aliphatic rings. The van der Waals surface area contributed by atoms with E-state index in [0.29, 0.717) is 18.5 Å². The summed E-state index contributed by atoms with van der Waals surface area (Å²) in [6, 6.07) is 4.80. The van der Waals surface area contributed by atoms with Crippen LogP contribution in [0.25, 0.3) is 11.0 Å². The highest BCUT2D eigenvalue weighted by molar-refractivity contribution is 6.00. The number of aromatic nitrogens is 2. The number of aliphatic carboxylic acids is 1. The van der Waals surface area contributed by atoms with Gasteiger partial charge in [0.05, 0.1) is 11.0 Å². The van der Waals surface area contributed by atoms with Crippen LogP contribution in [0.1, 0.15) is 24.4 Å². The Balaban J connectivity index is 0.000000345. The number of piperidine rings is 1. The van der Waals surface area contributed by atoms with Crippen molar-refractivity contribution in [3.05, 3.63) is 34.2 Å². The van der Waals surface area contributed by atoms with Crippen LogP contribution in [0.15, 0.2) is 23.0 Å². The molecule has 1 aliphatic heterocycles. The molecule has 1 saturated heterocycles. The van der Waals surface area contributed by atoms with Crippen molar-refractivity contribution in [2.45, 2.75) is 31.6 Å². The minimum absolute atomic E-state index is 0.232. The summed E-state index contributed by atoms with van der Waals surface area (Å²) in [7, 11) is 1.66. The van der Waals surface area contributed by atoms with Gasteiger partial charge in [-0.15, -0.1) is 0 Å². The first-order chi connectivity index (χ1) is 13.0. The topological polar surface area (TPSA) is 136 Å². The molecule has 2 heterocycles. The number of halogens is 3. The molecule has 152 valence electrons. The first-order valence-corrected chi connectivity index (χ1v) is 8.01. The number of carbonyl (C=O) groups is 3. The van der Waals surface area contributed by atoms with Gasteiger partial charge >= 0.3 is 17.8 Å². The van der Waals surface area contributed by atoms with Crippen LogP contribution >= 0.6 is 0 Å². The highest BCUT2D eigenvalue weighted by atomic mass is 19.4. The molecule has 1 atom stereocenters. The Bertz CT molecular complexity index is 993. The fourth-order valence-corrected chi connectivity index (χ4v) is 2.91. The fraction of sp³-hybridized carbons (Fsp3) is 0.375. The van der Waals surface area contributed by atoms with Gasteiger partial charge in [0.15, 0.2) is 0 Å². The van der Waals surface area contributed by atoms with Crippen LogP contribution in [-0.4, -0.2) is 38.2 Å². The predicted octanol–water partition coefficient (Wildman–Crippen LogP) is 0.410. The maximum atomic E-state index is 12.5. The van der Waals surface area contributed by atoms with Gasteiger partial charge in [0, 0.05) is 20.0 Å². The van der Waals surface area contributed by atoms with Crippen LogP contribution in [0.2, 0.25) is 0 Å². The molecule has 4 N–H and O–H groups in total. The first-order valence-electron chi connectivity index (χ1n) is 8.01. The quantitative estimate of drug-likeness (QED) is 0.623. The summed E-state index contributed by atoms with van der Waals surface area (Å²) in [5.41, 5.74) is 7.69.